The van der Waals surface area contributed by atoms with Gasteiger partial charge in [-0.05, 0) is 51.8 Å². The maximum Gasteiger partial charge on any atom is 0.323 e. The van der Waals surface area contributed by atoms with Gasteiger partial charge < -0.3 is 24.8 Å². The van der Waals surface area contributed by atoms with Gasteiger partial charge >= 0.3 is 5.97 Å². The molecule has 5 aromatic rings. The van der Waals surface area contributed by atoms with Crippen LogP contribution in [0.15, 0.2) is 77.4 Å². The van der Waals surface area contributed by atoms with E-state index >= 15 is 0 Å². The second-order valence-electron chi connectivity index (χ2n) is 9.34. The van der Waals surface area contributed by atoms with Crippen molar-refractivity contribution < 1.29 is 34.2 Å². The van der Waals surface area contributed by atoms with E-state index in [1.807, 2.05) is 30.3 Å². The Balaban J connectivity index is 1.39. The van der Waals surface area contributed by atoms with Gasteiger partial charge in [-0.3, -0.25) is 10.1 Å². The Hall–Kier alpha value is -4.35. The Morgan fingerprint density at radius 3 is 2.48 bits per heavy atom. The van der Waals surface area contributed by atoms with E-state index in [9.17, 15) is 20.1 Å². The number of rotatable bonds is 12. The summed E-state index contributed by atoms with van der Waals surface area (Å²) in [4.78, 5) is 11.4. The van der Waals surface area contributed by atoms with Gasteiger partial charge in [0.2, 0.25) is 0 Å². The molecule has 0 aliphatic heterocycles. The number of halogens is 2. The monoisotopic (exact) mass is 609 g/mol. The summed E-state index contributed by atoms with van der Waals surface area (Å²) in [6.45, 7) is -0.299. The predicted octanol–water partition coefficient (Wildman–Crippen LogP) is 5.60. The first kappa shape index (κ1) is 29.2. The topological polar surface area (TPSA) is 147 Å². The van der Waals surface area contributed by atoms with E-state index in [1.165, 1.54) is 0 Å². The van der Waals surface area contributed by atoms with Crippen LogP contribution in [0.1, 0.15) is 16.7 Å². The van der Waals surface area contributed by atoms with Crippen molar-refractivity contribution in [2.24, 2.45) is 0 Å². The number of fused-ring (bicyclic) bond motifs is 1. The number of nitrogens with one attached hydrogen (secondary N) is 1. The van der Waals surface area contributed by atoms with Gasteiger partial charge in [0.25, 0.3) is 0 Å². The lowest BCUT2D eigenvalue weighted by molar-refractivity contribution is -0.140. The first-order valence-electron chi connectivity index (χ1n) is 12.8. The lowest BCUT2D eigenvalue weighted by Crippen LogP contribution is -2.39. The molecule has 1 unspecified atom stereocenters. The summed E-state index contributed by atoms with van der Waals surface area (Å²) in [6.07, 6.45) is 0. The SMILES string of the molecule is O=C(O)C(CO)NCc1cc(Cl)c(OCc2cccc(-c3cccc(O)c3)c2Cl)cc1OCc1ccc2nonc2c1. The van der Waals surface area contributed by atoms with Gasteiger partial charge in [-0.15, -0.1) is 0 Å². The number of aliphatic hydroxyl groups excluding tert-OH is 1. The third-order valence-corrected chi connectivity index (χ3v) is 7.21. The number of aromatic hydroxyl groups is 1. The molecule has 0 amide bonds. The summed E-state index contributed by atoms with van der Waals surface area (Å²) in [5.74, 6) is -0.347. The summed E-state index contributed by atoms with van der Waals surface area (Å²) < 4.78 is 16.9. The van der Waals surface area contributed by atoms with Crippen molar-refractivity contribution in [3.8, 4) is 28.4 Å². The Morgan fingerprint density at radius 1 is 0.905 bits per heavy atom. The fraction of sp³-hybridized carbons (Fsp3) is 0.167. The molecular formula is C30H25Cl2N3O7. The molecule has 4 aromatic carbocycles. The van der Waals surface area contributed by atoms with Crippen LogP contribution in [0.25, 0.3) is 22.2 Å². The van der Waals surface area contributed by atoms with Crippen molar-refractivity contribution >= 4 is 40.2 Å². The zero-order valence-electron chi connectivity index (χ0n) is 22.0. The number of nitrogens with zero attached hydrogens (tertiary/aromatic N) is 2. The summed E-state index contributed by atoms with van der Waals surface area (Å²) in [7, 11) is 0. The Labute approximate surface area is 250 Å². The molecule has 1 heterocycles. The number of aromatic nitrogens is 2. The van der Waals surface area contributed by atoms with Gasteiger partial charge in [0.05, 0.1) is 16.7 Å². The second kappa shape index (κ2) is 13.1. The number of ether oxygens (including phenoxy) is 2. The van der Waals surface area contributed by atoms with E-state index in [1.54, 1.807) is 42.5 Å². The molecule has 12 heteroatoms. The maximum absolute atomic E-state index is 11.4. The average Bonchev–Trinajstić information content (AvgIpc) is 3.45. The largest absolute Gasteiger partial charge is 0.508 e. The number of aliphatic carboxylic acids is 1. The summed E-state index contributed by atoms with van der Waals surface area (Å²) in [5, 5.41) is 39.8. The molecule has 0 saturated heterocycles. The number of carboxylic acids is 1. The quantitative estimate of drug-likeness (QED) is 0.141. The number of hydrogen-bond donors (Lipinski definition) is 4. The molecule has 5 rings (SSSR count). The van der Waals surface area contributed by atoms with Gasteiger partial charge in [0.1, 0.15) is 47.5 Å². The Bertz CT molecular complexity index is 1730. The van der Waals surface area contributed by atoms with Gasteiger partial charge in [-0.25, -0.2) is 4.63 Å². The minimum atomic E-state index is -1.19. The van der Waals surface area contributed by atoms with Crippen molar-refractivity contribution in [2.75, 3.05) is 6.61 Å². The number of phenols is 1. The highest BCUT2D eigenvalue weighted by Crippen LogP contribution is 2.36. The molecule has 0 spiro atoms. The number of benzene rings is 4. The third-order valence-electron chi connectivity index (χ3n) is 6.47. The molecule has 0 radical (unpaired) electrons. The molecule has 0 aliphatic carbocycles. The van der Waals surface area contributed by atoms with Gasteiger partial charge in [-0.2, -0.15) is 0 Å². The molecule has 0 fully saturated rings. The van der Waals surface area contributed by atoms with Crippen molar-refractivity contribution in [3.63, 3.8) is 0 Å². The molecule has 0 bridgehead atoms. The number of hydrogen-bond acceptors (Lipinski definition) is 9. The molecule has 1 aromatic heterocycles. The van der Waals surface area contributed by atoms with Crippen molar-refractivity contribution in [3.05, 3.63) is 99.5 Å². The predicted molar refractivity (Wildman–Crippen MR) is 156 cm³/mol. The van der Waals surface area contributed by atoms with Crippen LogP contribution in [0.3, 0.4) is 0 Å². The zero-order valence-corrected chi connectivity index (χ0v) is 23.5. The van der Waals surface area contributed by atoms with Crippen LogP contribution in [0, 0.1) is 0 Å². The minimum absolute atomic E-state index is 0.0525. The first-order valence-corrected chi connectivity index (χ1v) is 13.5. The zero-order chi connectivity index (χ0) is 29.6. The second-order valence-corrected chi connectivity index (χ2v) is 10.1. The van der Waals surface area contributed by atoms with E-state index in [4.69, 9.17) is 37.3 Å². The highest BCUT2D eigenvalue weighted by molar-refractivity contribution is 6.34. The normalized spacial score (nSPS) is 11.9. The Morgan fingerprint density at radius 2 is 1.69 bits per heavy atom. The lowest BCUT2D eigenvalue weighted by Gasteiger charge is -2.18. The molecule has 1 atom stereocenters. The standard InChI is InChI=1S/C30H25Cl2N3O7/c31-23-11-20(13-33-26(14-36)30(38)39)27(40-15-17-7-8-24-25(9-17)35-42-34-24)12-28(23)41-16-19-4-2-6-22(29(19)32)18-3-1-5-21(37)10-18/h1-12,26,33,36-37H,13-16H2,(H,38,39). The van der Waals surface area contributed by atoms with Gasteiger partial charge in [-0.1, -0.05) is 59.6 Å². The molecule has 4 N–H and O–H groups in total. The van der Waals surface area contributed by atoms with E-state index in [0.29, 0.717) is 38.7 Å². The van der Waals surface area contributed by atoms with Crippen LogP contribution in [0.4, 0.5) is 0 Å². The number of carbonyl (C=O) groups is 1. The van der Waals surface area contributed by atoms with Crippen LogP contribution in [-0.2, 0) is 24.6 Å². The third kappa shape index (κ3) is 6.75. The molecule has 216 valence electrons. The van der Waals surface area contributed by atoms with Crippen LogP contribution in [0.5, 0.6) is 17.2 Å². The molecule has 42 heavy (non-hydrogen) atoms. The molecule has 0 aliphatic rings. The number of aliphatic hydroxyl groups is 1. The Kier molecular flexibility index (Phi) is 9.09. The van der Waals surface area contributed by atoms with Crippen LogP contribution < -0.4 is 14.8 Å². The molecule has 10 nitrogen and oxygen atoms in total. The van der Waals surface area contributed by atoms with E-state index < -0.39 is 18.6 Å². The lowest BCUT2D eigenvalue weighted by atomic mass is 10.0. The van der Waals surface area contributed by atoms with Crippen molar-refractivity contribution in [2.45, 2.75) is 25.8 Å². The minimum Gasteiger partial charge on any atom is -0.508 e. The molecule has 0 saturated carbocycles. The van der Waals surface area contributed by atoms with Crippen LogP contribution >= 0.6 is 23.2 Å². The van der Waals surface area contributed by atoms with Crippen molar-refractivity contribution in [1.29, 1.82) is 0 Å². The highest BCUT2D eigenvalue weighted by atomic mass is 35.5. The maximum atomic E-state index is 11.4. The summed E-state index contributed by atoms with van der Waals surface area (Å²) in [5.41, 5.74) is 4.74. The van der Waals surface area contributed by atoms with E-state index in [2.05, 4.69) is 15.6 Å². The fourth-order valence-electron chi connectivity index (χ4n) is 4.24. The number of carboxylic acid groups (broad SMARTS) is 1. The van der Waals surface area contributed by atoms with Gasteiger partial charge in [0.15, 0.2) is 0 Å². The first-order chi connectivity index (χ1) is 20.3. The average molecular weight is 610 g/mol. The van der Waals surface area contributed by atoms with E-state index in [0.717, 1.165) is 16.7 Å². The van der Waals surface area contributed by atoms with Crippen LogP contribution in [-0.4, -0.2) is 44.3 Å². The molecular weight excluding hydrogens is 585 g/mol. The van der Waals surface area contributed by atoms with Crippen LogP contribution in [0.2, 0.25) is 10.0 Å². The van der Waals surface area contributed by atoms with Gasteiger partial charge in [0, 0.05) is 29.3 Å². The fourth-order valence-corrected chi connectivity index (χ4v) is 4.77. The highest BCUT2D eigenvalue weighted by Gasteiger charge is 2.19. The summed E-state index contributed by atoms with van der Waals surface area (Å²) >= 11 is 13.3. The number of phenolic OH excluding ortho intramolecular Hbond substituents is 1. The van der Waals surface area contributed by atoms with E-state index in [-0.39, 0.29) is 30.5 Å². The smallest absolute Gasteiger partial charge is 0.323 e. The summed E-state index contributed by atoms with van der Waals surface area (Å²) in [6, 6.07) is 19.8. The van der Waals surface area contributed by atoms with Crippen molar-refractivity contribution in [1.82, 2.24) is 15.6 Å².